The van der Waals surface area contributed by atoms with Crippen LogP contribution in [0.4, 0.5) is 10.9 Å². The SMILES string of the molecule is CNCc1ccc(N2CCN(c3nccs3)CC2)nn1. The van der Waals surface area contributed by atoms with Crippen molar-refractivity contribution in [3.8, 4) is 0 Å². The highest BCUT2D eigenvalue weighted by atomic mass is 32.1. The van der Waals surface area contributed by atoms with Gasteiger partial charge in [0.1, 0.15) is 0 Å². The highest BCUT2D eigenvalue weighted by Crippen LogP contribution is 2.20. The fourth-order valence-corrected chi connectivity index (χ4v) is 2.99. The summed E-state index contributed by atoms with van der Waals surface area (Å²) in [5.74, 6) is 0.962. The maximum atomic E-state index is 4.36. The van der Waals surface area contributed by atoms with Crippen LogP contribution in [0.5, 0.6) is 0 Å². The molecule has 6 nitrogen and oxygen atoms in total. The minimum Gasteiger partial charge on any atom is -0.352 e. The molecule has 1 saturated heterocycles. The molecular formula is C13H18N6S. The molecule has 2 aromatic heterocycles. The highest BCUT2D eigenvalue weighted by molar-refractivity contribution is 7.13. The second kappa shape index (κ2) is 6.15. The molecule has 3 rings (SSSR count). The van der Waals surface area contributed by atoms with E-state index in [0.29, 0.717) is 0 Å². The molecule has 0 unspecified atom stereocenters. The minimum absolute atomic E-state index is 0.755. The molecule has 3 heterocycles. The van der Waals surface area contributed by atoms with Gasteiger partial charge < -0.3 is 15.1 Å². The van der Waals surface area contributed by atoms with Gasteiger partial charge in [-0.15, -0.1) is 16.4 Å². The van der Waals surface area contributed by atoms with E-state index in [1.807, 2.05) is 24.7 Å². The topological polar surface area (TPSA) is 57.2 Å². The van der Waals surface area contributed by atoms with E-state index in [9.17, 15) is 0 Å². The molecule has 0 atom stereocenters. The van der Waals surface area contributed by atoms with Gasteiger partial charge in [-0.3, -0.25) is 0 Å². The summed E-state index contributed by atoms with van der Waals surface area (Å²) in [7, 11) is 1.91. The molecule has 2 aromatic rings. The van der Waals surface area contributed by atoms with Gasteiger partial charge in [-0.1, -0.05) is 0 Å². The monoisotopic (exact) mass is 290 g/mol. The Morgan fingerprint density at radius 1 is 1.15 bits per heavy atom. The Hall–Kier alpha value is -1.73. The van der Waals surface area contributed by atoms with Gasteiger partial charge in [-0.2, -0.15) is 5.10 Å². The van der Waals surface area contributed by atoms with Crippen LogP contribution in [0.15, 0.2) is 23.7 Å². The molecule has 0 aromatic carbocycles. The Kier molecular flexibility index (Phi) is 4.08. The van der Waals surface area contributed by atoms with Crippen molar-refractivity contribution in [2.75, 3.05) is 43.0 Å². The van der Waals surface area contributed by atoms with Crippen LogP contribution in [0.2, 0.25) is 0 Å². The Morgan fingerprint density at radius 3 is 2.55 bits per heavy atom. The number of nitrogens with zero attached hydrogens (tertiary/aromatic N) is 5. The van der Waals surface area contributed by atoms with Crippen LogP contribution in [0.3, 0.4) is 0 Å². The van der Waals surface area contributed by atoms with Gasteiger partial charge in [0.2, 0.25) is 0 Å². The van der Waals surface area contributed by atoms with E-state index in [1.165, 1.54) is 0 Å². The van der Waals surface area contributed by atoms with E-state index < -0.39 is 0 Å². The normalized spacial score (nSPS) is 15.7. The first-order valence-corrected chi connectivity index (χ1v) is 7.61. The first kappa shape index (κ1) is 13.3. The number of nitrogens with one attached hydrogen (secondary N) is 1. The zero-order valence-corrected chi connectivity index (χ0v) is 12.3. The van der Waals surface area contributed by atoms with Gasteiger partial charge in [-0.05, 0) is 19.2 Å². The van der Waals surface area contributed by atoms with Crippen molar-refractivity contribution in [2.24, 2.45) is 0 Å². The van der Waals surface area contributed by atoms with Gasteiger partial charge in [0.15, 0.2) is 10.9 Å². The smallest absolute Gasteiger partial charge is 0.185 e. The summed E-state index contributed by atoms with van der Waals surface area (Å²) in [6.45, 7) is 4.63. The third kappa shape index (κ3) is 2.88. The number of piperazine rings is 1. The molecule has 0 amide bonds. The predicted octanol–water partition coefficient (Wildman–Crippen LogP) is 0.979. The molecule has 0 saturated carbocycles. The van der Waals surface area contributed by atoms with E-state index in [-0.39, 0.29) is 0 Å². The Bertz CT molecular complexity index is 518. The Labute approximate surface area is 122 Å². The van der Waals surface area contributed by atoms with Gasteiger partial charge >= 0.3 is 0 Å². The summed E-state index contributed by atoms with van der Waals surface area (Å²) in [6.07, 6.45) is 1.86. The maximum Gasteiger partial charge on any atom is 0.185 e. The molecule has 1 aliphatic rings. The van der Waals surface area contributed by atoms with Crippen LogP contribution in [0.1, 0.15) is 5.69 Å². The average molecular weight is 290 g/mol. The Balaban J connectivity index is 1.60. The summed E-state index contributed by atoms with van der Waals surface area (Å²) in [4.78, 5) is 8.96. The lowest BCUT2D eigenvalue weighted by atomic mass is 10.3. The summed E-state index contributed by atoms with van der Waals surface area (Å²) >= 11 is 1.70. The van der Waals surface area contributed by atoms with E-state index in [4.69, 9.17) is 0 Å². The van der Waals surface area contributed by atoms with Crippen molar-refractivity contribution in [3.63, 3.8) is 0 Å². The lowest BCUT2D eigenvalue weighted by Crippen LogP contribution is -2.46. The van der Waals surface area contributed by atoms with E-state index in [0.717, 1.165) is 49.4 Å². The molecule has 1 fully saturated rings. The standard InChI is InChI=1S/C13H18N6S/c1-14-10-11-2-3-12(17-16-11)18-5-7-19(8-6-18)13-15-4-9-20-13/h2-4,9,14H,5-8,10H2,1H3. The number of aromatic nitrogens is 3. The largest absolute Gasteiger partial charge is 0.352 e. The van der Waals surface area contributed by atoms with Crippen molar-refractivity contribution in [3.05, 3.63) is 29.4 Å². The minimum atomic E-state index is 0.755. The van der Waals surface area contributed by atoms with Crippen molar-refractivity contribution < 1.29 is 0 Å². The first-order valence-electron chi connectivity index (χ1n) is 6.73. The average Bonchev–Trinajstić information content (AvgIpc) is 3.03. The first-order chi connectivity index (χ1) is 9.86. The number of hydrogen-bond donors (Lipinski definition) is 1. The fraction of sp³-hybridized carbons (Fsp3) is 0.462. The van der Waals surface area contributed by atoms with Crippen molar-refractivity contribution in [2.45, 2.75) is 6.54 Å². The van der Waals surface area contributed by atoms with Gasteiger partial charge in [0, 0.05) is 44.3 Å². The summed E-state index contributed by atoms with van der Waals surface area (Å²) in [5, 5.41) is 14.8. The quantitative estimate of drug-likeness (QED) is 0.906. The van der Waals surface area contributed by atoms with Crippen LogP contribution < -0.4 is 15.1 Å². The van der Waals surface area contributed by atoms with Crippen molar-refractivity contribution in [1.82, 2.24) is 20.5 Å². The molecule has 7 heteroatoms. The van der Waals surface area contributed by atoms with Crippen LogP contribution in [0, 0.1) is 0 Å². The molecule has 0 bridgehead atoms. The molecule has 0 radical (unpaired) electrons. The molecule has 1 N–H and O–H groups in total. The number of anilines is 2. The molecule has 106 valence electrons. The third-order valence-electron chi connectivity index (χ3n) is 3.36. The number of hydrogen-bond acceptors (Lipinski definition) is 7. The van der Waals surface area contributed by atoms with Crippen molar-refractivity contribution in [1.29, 1.82) is 0 Å². The van der Waals surface area contributed by atoms with Crippen molar-refractivity contribution >= 4 is 22.3 Å². The molecule has 0 spiro atoms. The predicted molar refractivity (Wildman–Crippen MR) is 81.3 cm³/mol. The van der Waals surface area contributed by atoms with E-state index in [1.54, 1.807) is 11.3 Å². The molecule has 1 aliphatic heterocycles. The fourth-order valence-electron chi connectivity index (χ4n) is 2.30. The Morgan fingerprint density at radius 2 is 1.95 bits per heavy atom. The molecule has 0 aliphatic carbocycles. The van der Waals surface area contributed by atoms with Crippen LogP contribution in [-0.2, 0) is 6.54 Å². The molecular weight excluding hydrogens is 272 g/mol. The second-order valence-electron chi connectivity index (χ2n) is 4.70. The molecule has 20 heavy (non-hydrogen) atoms. The van der Waals surface area contributed by atoms with Gasteiger partial charge in [0.05, 0.1) is 5.69 Å². The van der Waals surface area contributed by atoms with Crippen LogP contribution >= 0.6 is 11.3 Å². The van der Waals surface area contributed by atoms with E-state index >= 15 is 0 Å². The van der Waals surface area contributed by atoms with E-state index in [2.05, 4.69) is 36.4 Å². The summed E-state index contributed by atoms with van der Waals surface area (Å²) in [6, 6.07) is 4.09. The lowest BCUT2D eigenvalue weighted by molar-refractivity contribution is 0.640. The highest BCUT2D eigenvalue weighted by Gasteiger charge is 2.19. The third-order valence-corrected chi connectivity index (χ3v) is 4.19. The maximum absolute atomic E-state index is 4.36. The zero-order chi connectivity index (χ0) is 13.8. The summed E-state index contributed by atoms with van der Waals surface area (Å²) < 4.78 is 0. The lowest BCUT2D eigenvalue weighted by Gasteiger charge is -2.34. The number of rotatable bonds is 4. The second-order valence-corrected chi connectivity index (χ2v) is 5.57. The van der Waals surface area contributed by atoms with Crippen LogP contribution in [0.25, 0.3) is 0 Å². The summed E-state index contributed by atoms with van der Waals surface area (Å²) in [5.41, 5.74) is 0.970. The van der Waals surface area contributed by atoms with Gasteiger partial charge in [0.25, 0.3) is 0 Å². The number of thiazole rings is 1. The zero-order valence-electron chi connectivity index (χ0n) is 11.5. The van der Waals surface area contributed by atoms with Gasteiger partial charge in [-0.25, -0.2) is 4.98 Å². The van der Waals surface area contributed by atoms with Crippen LogP contribution in [-0.4, -0.2) is 48.4 Å².